The molecule has 3 heteroatoms. The van der Waals surface area contributed by atoms with Gasteiger partial charge in [-0.3, -0.25) is 4.79 Å². The molecule has 0 saturated heterocycles. The highest BCUT2D eigenvalue weighted by Crippen LogP contribution is 2.43. The van der Waals surface area contributed by atoms with Crippen molar-refractivity contribution in [2.75, 3.05) is 13.1 Å². The first-order valence-corrected chi connectivity index (χ1v) is 6.22. The van der Waals surface area contributed by atoms with Crippen molar-refractivity contribution in [3.63, 3.8) is 0 Å². The lowest BCUT2D eigenvalue weighted by atomic mass is 9.90. The van der Waals surface area contributed by atoms with E-state index >= 15 is 0 Å². The van der Waals surface area contributed by atoms with Crippen LogP contribution < -0.4 is 5.32 Å². The van der Waals surface area contributed by atoms with Gasteiger partial charge in [-0.25, -0.2) is 0 Å². The van der Waals surface area contributed by atoms with E-state index in [0.717, 1.165) is 25.9 Å². The first-order valence-electron chi connectivity index (χ1n) is 6.22. The Morgan fingerprint density at radius 3 is 2.75 bits per heavy atom. The number of carbonyl (C=O) groups is 1. The van der Waals surface area contributed by atoms with Crippen LogP contribution in [-0.2, 0) is 4.79 Å². The van der Waals surface area contributed by atoms with E-state index in [1.54, 1.807) is 0 Å². The van der Waals surface area contributed by atoms with Crippen molar-refractivity contribution in [3.8, 4) is 0 Å². The van der Waals surface area contributed by atoms with E-state index in [-0.39, 0.29) is 18.3 Å². The SMILES string of the molecule is CCCNCC1C(=O)C2=C(CCC2)C1C.Cl. The Bertz CT molecular complexity index is 298. The van der Waals surface area contributed by atoms with Gasteiger partial charge in [-0.15, -0.1) is 12.4 Å². The van der Waals surface area contributed by atoms with Gasteiger partial charge in [0, 0.05) is 12.5 Å². The lowest BCUT2D eigenvalue weighted by Crippen LogP contribution is -2.30. The number of Topliss-reactive ketones (excluding diaryl/α,β-unsaturated/α-hetero) is 1. The van der Waals surface area contributed by atoms with Crippen molar-refractivity contribution in [1.82, 2.24) is 5.32 Å². The van der Waals surface area contributed by atoms with Crippen molar-refractivity contribution in [1.29, 1.82) is 0 Å². The molecule has 1 N–H and O–H groups in total. The van der Waals surface area contributed by atoms with Gasteiger partial charge in [-0.2, -0.15) is 0 Å². The molecule has 0 amide bonds. The number of allylic oxidation sites excluding steroid dienone is 2. The smallest absolute Gasteiger partial charge is 0.163 e. The van der Waals surface area contributed by atoms with Crippen LogP contribution in [0, 0.1) is 11.8 Å². The van der Waals surface area contributed by atoms with Gasteiger partial charge < -0.3 is 5.32 Å². The van der Waals surface area contributed by atoms with Crippen molar-refractivity contribution in [3.05, 3.63) is 11.1 Å². The zero-order chi connectivity index (χ0) is 10.8. The lowest BCUT2D eigenvalue weighted by Gasteiger charge is -2.18. The second-order valence-corrected chi connectivity index (χ2v) is 4.82. The van der Waals surface area contributed by atoms with Crippen LogP contribution in [0.3, 0.4) is 0 Å². The average Bonchev–Trinajstić information content (AvgIpc) is 2.77. The molecule has 92 valence electrons. The van der Waals surface area contributed by atoms with Gasteiger partial charge in [0.2, 0.25) is 0 Å². The van der Waals surface area contributed by atoms with E-state index in [1.807, 2.05) is 0 Å². The van der Waals surface area contributed by atoms with Crippen molar-refractivity contribution in [2.45, 2.75) is 39.5 Å². The maximum Gasteiger partial charge on any atom is 0.163 e. The van der Waals surface area contributed by atoms with Gasteiger partial charge in [0.25, 0.3) is 0 Å². The van der Waals surface area contributed by atoms with E-state index in [4.69, 9.17) is 0 Å². The van der Waals surface area contributed by atoms with E-state index in [0.29, 0.717) is 11.7 Å². The summed E-state index contributed by atoms with van der Waals surface area (Å²) < 4.78 is 0. The predicted octanol–water partition coefficient (Wildman–Crippen LogP) is 2.72. The van der Waals surface area contributed by atoms with E-state index in [9.17, 15) is 4.79 Å². The third-order valence-electron chi connectivity index (χ3n) is 3.84. The van der Waals surface area contributed by atoms with Gasteiger partial charge in [0.15, 0.2) is 5.78 Å². The third-order valence-corrected chi connectivity index (χ3v) is 3.84. The molecule has 0 bridgehead atoms. The number of rotatable bonds is 4. The molecule has 0 heterocycles. The Balaban J connectivity index is 0.00000128. The summed E-state index contributed by atoms with van der Waals surface area (Å²) in [5.41, 5.74) is 2.66. The minimum atomic E-state index is 0. The molecule has 0 aromatic carbocycles. The fraction of sp³-hybridized carbons (Fsp3) is 0.769. The average molecular weight is 244 g/mol. The van der Waals surface area contributed by atoms with Crippen LogP contribution in [0.1, 0.15) is 39.5 Å². The summed E-state index contributed by atoms with van der Waals surface area (Å²) in [6, 6.07) is 0. The second kappa shape index (κ2) is 5.83. The van der Waals surface area contributed by atoms with Gasteiger partial charge in [0.1, 0.15) is 0 Å². The van der Waals surface area contributed by atoms with Crippen LogP contribution in [0.2, 0.25) is 0 Å². The van der Waals surface area contributed by atoms with Crippen molar-refractivity contribution < 1.29 is 4.79 Å². The molecule has 0 fully saturated rings. The molecule has 0 saturated carbocycles. The van der Waals surface area contributed by atoms with Gasteiger partial charge >= 0.3 is 0 Å². The Morgan fingerprint density at radius 2 is 2.12 bits per heavy atom. The standard InChI is InChI=1S/C13H21NO.ClH/c1-3-7-14-8-12-9(2)10-5-4-6-11(10)13(12)15;/h9,12,14H,3-8H2,1-2H3;1H. The van der Waals surface area contributed by atoms with Gasteiger partial charge in [-0.05, 0) is 43.7 Å². The highest BCUT2D eigenvalue weighted by molar-refractivity contribution is 6.01. The molecule has 0 radical (unpaired) electrons. The number of halogens is 1. The minimum absolute atomic E-state index is 0. The second-order valence-electron chi connectivity index (χ2n) is 4.82. The van der Waals surface area contributed by atoms with Crippen LogP contribution in [0.15, 0.2) is 11.1 Å². The van der Waals surface area contributed by atoms with Crippen molar-refractivity contribution >= 4 is 18.2 Å². The lowest BCUT2D eigenvalue weighted by molar-refractivity contribution is -0.119. The number of nitrogens with one attached hydrogen (secondary N) is 1. The highest BCUT2D eigenvalue weighted by atomic mass is 35.5. The monoisotopic (exact) mass is 243 g/mol. The summed E-state index contributed by atoms with van der Waals surface area (Å²) in [6.45, 7) is 6.29. The zero-order valence-corrected chi connectivity index (χ0v) is 11.0. The third kappa shape index (κ3) is 2.33. The van der Waals surface area contributed by atoms with Crippen LogP contribution in [0.5, 0.6) is 0 Å². The Kier molecular flexibility index (Phi) is 5.00. The molecular formula is C13H22ClNO. The summed E-state index contributed by atoms with van der Waals surface area (Å²) in [4.78, 5) is 12.1. The Labute approximate surface area is 104 Å². The maximum absolute atomic E-state index is 12.1. The molecule has 0 aromatic rings. The molecule has 2 atom stereocenters. The molecule has 0 aliphatic heterocycles. The fourth-order valence-electron chi connectivity index (χ4n) is 2.95. The van der Waals surface area contributed by atoms with E-state index < -0.39 is 0 Å². The Hall–Kier alpha value is -0.340. The van der Waals surface area contributed by atoms with E-state index in [2.05, 4.69) is 19.2 Å². The molecule has 0 spiro atoms. The largest absolute Gasteiger partial charge is 0.316 e. The molecule has 2 unspecified atom stereocenters. The minimum Gasteiger partial charge on any atom is -0.316 e. The maximum atomic E-state index is 12.1. The molecule has 2 nitrogen and oxygen atoms in total. The topological polar surface area (TPSA) is 29.1 Å². The molecule has 2 aliphatic carbocycles. The van der Waals surface area contributed by atoms with Crippen LogP contribution >= 0.6 is 12.4 Å². The van der Waals surface area contributed by atoms with Crippen LogP contribution in [0.25, 0.3) is 0 Å². The molecule has 2 rings (SSSR count). The van der Waals surface area contributed by atoms with E-state index in [1.165, 1.54) is 24.0 Å². The summed E-state index contributed by atoms with van der Waals surface area (Å²) in [5.74, 6) is 1.18. The zero-order valence-electron chi connectivity index (χ0n) is 10.2. The summed E-state index contributed by atoms with van der Waals surface area (Å²) in [6.07, 6.45) is 4.56. The summed E-state index contributed by atoms with van der Waals surface area (Å²) in [7, 11) is 0. The number of hydrogen-bond acceptors (Lipinski definition) is 2. The van der Waals surface area contributed by atoms with Gasteiger partial charge in [-0.1, -0.05) is 19.4 Å². The van der Waals surface area contributed by atoms with Gasteiger partial charge in [0.05, 0.1) is 0 Å². The van der Waals surface area contributed by atoms with Crippen LogP contribution in [0.4, 0.5) is 0 Å². The molecular weight excluding hydrogens is 222 g/mol. The highest BCUT2D eigenvalue weighted by Gasteiger charge is 2.40. The number of hydrogen-bond donors (Lipinski definition) is 1. The Morgan fingerprint density at radius 1 is 1.38 bits per heavy atom. The quantitative estimate of drug-likeness (QED) is 0.770. The number of carbonyl (C=O) groups excluding carboxylic acids is 1. The van der Waals surface area contributed by atoms with Crippen LogP contribution in [-0.4, -0.2) is 18.9 Å². The first kappa shape index (κ1) is 13.7. The molecule has 2 aliphatic rings. The fourth-order valence-corrected chi connectivity index (χ4v) is 2.95. The summed E-state index contributed by atoms with van der Waals surface area (Å²) >= 11 is 0. The molecule has 16 heavy (non-hydrogen) atoms. The number of ketones is 1. The normalized spacial score (nSPS) is 28.2. The molecule has 0 aromatic heterocycles. The first-order chi connectivity index (χ1) is 7.25. The summed E-state index contributed by atoms with van der Waals surface area (Å²) in [5, 5.41) is 3.38. The van der Waals surface area contributed by atoms with Crippen molar-refractivity contribution in [2.24, 2.45) is 11.8 Å². The predicted molar refractivity (Wildman–Crippen MR) is 68.9 cm³/mol.